The van der Waals surface area contributed by atoms with Gasteiger partial charge in [-0.3, -0.25) is 4.79 Å². The molecule has 6 heteroatoms. The lowest BCUT2D eigenvalue weighted by Crippen LogP contribution is -2.26. The molecule has 1 heterocycles. The van der Waals surface area contributed by atoms with E-state index in [1.807, 2.05) is 31.2 Å². The number of carbonyl (C=O) groups excluding carboxylic acids is 1. The van der Waals surface area contributed by atoms with Crippen molar-refractivity contribution in [1.82, 2.24) is 9.88 Å². The van der Waals surface area contributed by atoms with Gasteiger partial charge in [0.1, 0.15) is 5.75 Å². The van der Waals surface area contributed by atoms with Gasteiger partial charge < -0.3 is 19.7 Å². The predicted octanol–water partition coefficient (Wildman–Crippen LogP) is 7.65. The molecule has 1 aliphatic rings. The number of carbonyl (C=O) groups is 2. The number of nitrogens with zero attached hydrogens (tertiary/aromatic N) is 1. The van der Waals surface area contributed by atoms with Gasteiger partial charge in [0, 0.05) is 28.7 Å². The van der Waals surface area contributed by atoms with E-state index in [9.17, 15) is 14.7 Å². The summed E-state index contributed by atoms with van der Waals surface area (Å²) in [6.45, 7) is 12.7. The summed E-state index contributed by atoms with van der Waals surface area (Å²) < 4.78 is 8.13. The van der Waals surface area contributed by atoms with Gasteiger partial charge >= 0.3 is 5.97 Å². The zero-order chi connectivity index (χ0) is 29.4. The van der Waals surface area contributed by atoms with Crippen molar-refractivity contribution in [3.05, 3.63) is 99.7 Å². The van der Waals surface area contributed by atoms with Crippen molar-refractivity contribution in [3.8, 4) is 5.75 Å². The first-order valence-electron chi connectivity index (χ1n) is 14.6. The Bertz CT molecular complexity index is 1610. The van der Waals surface area contributed by atoms with Crippen LogP contribution in [0.1, 0.15) is 102 Å². The van der Waals surface area contributed by atoms with Crippen molar-refractivity contribution in [2.45, 2.75) is 84.9 Å². The monoisotopic (exact) mass is 552 g/mol. The maximum Gasteiger partial charge on any atom is 0.344 e. The van der Waals surface area contributed by atoms with E-state index in [2.05, 4.69) is 74.0 Å². The summed E-state index contributed by atoms with van der Waals surface area (Å²) >= 11 is 0. The zero-order valence-electron chi connectivity index (χ0n) is 24.8. The second-order valence-electron chi connectivity index (χ2n) is 11.8. The van der Waals surface area contributed by atoms with Crippen LogP contribution in [0.2, 0.25) is 0 Å². The van der Waals surface area contributed by atoms with Crippen LogP contribution in [0.25, 0.3) is 10.9 Å². The summed E-state index contributed by atoms with van der Waals surface area (Å²) in [6, 6.07) is 20.4. The van der Waals surface area contributed by atoms with Gasteiger partial charge in [-0.05, 0) is 104 Å². The number of nitrogens with one attached hydrogen (secondary N) is 1. The highest BCUT2D eigenvalue weighted by Gasteiger charge is 2.28. The van der Waals surface area contributed by atoms with Gasteiger partial charge in [-0.15, -0.1) is 0 Å². The average Bonchev–Trinajstić information content (AvgIpc) is 3.77. The Morgan fingerprint density at radius 2 is 1.71 bits per heavy atom. The number of ether oxygens (including phenoxy) is 1. The average molecular weight is 553 g/mol. The second kappa shape index (κ2) is 11.4. The van der Waals surface area contributed by atoms with E-state index in [0.29, 0.717) is 29.7 Å². The Morgan fingerprint density at radius 1 is 0.976 bits per heavy atom. The first kappa shape index (κ1) is 28.5. The van der Waals surface area contributed by atoms with Crippen LogP contribution in [0.3, 0.4) is 0 Å². The number of amides is 1. The molecule has 0 spiro atoms. The third kappa shape index (κ3) is 6.02. The van der Waals surface area contributed by atoms with Gasteiger partial charge in [0.2, 0.25) is 0 Å². The summed E-state index contributed by atoms with van der Waals surface area (Å²) in [5.41, 5.74) is 8.45. The molecule has 1 amide bonds. The predicted molar refractivity (Wildman–Crippen MR) is 163 cm³/mol. The molecule has 214 valence electrons. The molecule has 1 aromatic heterocycles. The van der Waals surface area contributed by atoms with Gasteiger partial charge in [-0.2, -0.15) is 0 Å². The van der Waals surface area contributed by atoms with Gasteiger partial charge in [0.05, 0.1) is 6.04 Å². The van der Waals surface area contributed by atoms with Crippen molar-refractivity contribution in [1.29, 1.82) is 0 Å². The lowest BCUT2D eigenvalue weighted by Gasteiger charge is -2.17. The third-order valence-corrected chi connectivity index (χ3v) is 8.41. The van der Waals surface area contributed by atoms with Gasteiger partial charge in [-0.1, -0.05) is 50.2 Å². The van der Waals surface area contributed by atoms with E-state index in [1.54, 1.807) is 6.92 Å². The molecule has 1 fully saturated rings. The van der Waals surface area contributed by atoms with Crippen LogP contribution in [0.5, 0.6) is 5.75 Å². The number of hydrogen-bond donors (Lipinski definition) is 2. The van der Waals surface area contributed by atoms with Crippen LogP contribution in [0.4, 0.5) is 0 Å². The number of aromatic nitrogens is 1. The van der Waals surface area contributed by atoms with E-state index < -0.39 is 12.1 Å². The molecule has 2 unspecified atom stereocenters. The van der Waals surface area contributed by atoms with Crippen LogP contribution in [-0.2, 0) is 11.3 Å². The fraction of sp³-hybridized carbons (Fsp3) is 0.371. The number of hydrogen-bond acceptors (Lipinski definition) is 3. The van der Waals surface area contributed by atoms with Gasteiger partial charge in [-0.25, -0.2) is 4.79 Å². The normalized spacial score (nSPS) is 14.7. The summed E-state index contributed by atoms with van der Waals surface area (Å²) in [5, 5.41) is 13.6. The van der Waals surface area contributed by atoms with Crippen LogP contribution in [0, 0.1) is 13.8 Å². The molecule has 0 radical (unpaired) electrons. The van der Waals surface area contributed by atoms with Gasteiger partial charge in [0.25, 0.3) is 5.91 Å². The summed E-state index contributed by atoms with van der Waals surface area (Å²) in [4.78, 5) is 24.7. The van der Waals surface area contributed by atoms with Crippen LogP contribution >= 0.6 is 0 Å². The number of aliphatic carboxylic acids is 1. The fourth-order valence-corrected chi connectivity index (χ4v) is 5.48. The molecular weight excluding hydrogens is 512 g/mol. The molecule has 0 saturated heterocycles. The number of rotatable bonds is 10. The number of carboxylic acid groups (broad SMARTS) is 1. The third-order valence-electron chi connectivity index (χ3n) is 8.41. The Labute approximate surface area is 242 Å². The fourth-order valence-electron chi connectivity index (χ4n) is 5.48. The molecule has 0 bridgehead atoms. The minimum Gasteiger partial charge on any atom is -0.479 e. The lowest BCUT2D eigenvalue weighted by molar-refractivity contribution is -0.144. The molecule has 3 aromatic carbocycles. The van der Waals surface area contributed by atoms with Crippen LogP contribution in [0.15, 0.2) is 60.7 Å². The van der Waals surface area contributed by atoms with E-state index in [0.717, 1.165) is 51.7 Å². The van der Waals surface area contributed by atoms with Crippen molar-refractivity contribution >= 4 is 22.8 Å². The SMILES string of the molecule is Cc1c(C)n(Cc2ccc(C3CC3)c(OC(C)C(=O)O)c2)c2ccc(C(=O)NC(C)c3cccc(C(C)C)c3)cc12. The van der Waals surface area contributed by atoms with Crippen molar-refractivity contribution in [2.75, 3.05) is 0 Å². The van der Waals surface area contributed by atoms with Crippen molar-refractivity contribution in [2.24, 2.45) is 0 Å². The molecule has 1 saturated carbocycles. The number of fused-ring (bicyclic) bond motifs is 1. The number of benzene rings is 3. The Morgan fingerprint density at radius 3 is 2.39 bits per heavy atom. The smallest absolute Gasteiger partial charge is 0.344 e. The minimum atomic E-state index is -0.974. The maximum absolute atomic E-state index is 13.3. The molecule has 5 rings (SSSR count). The molecule has 2 atom stereocenters. The van der Waals surface area contributed by atoms with Crippen LogP contribution < -0.4 is 10.1 Å². The Kier molecular flexibility index (Phi) is 7.94. The van der Waals surface area contributed by atoms with Gasteiger partial charge in [0.15, 0.2) is 6.10 Å². The molecular formula is C35H40N2O4. The molecule has 1 aliphatic carbocycles. The van der Waals surface area contributed by atoms with Crippen LogP contribution in [-0.4, -0.2) is 27.7 Å². The summed E-state index contributed by atoms with van der Waals surface area (Å²) in [7, 11) is 0. The Balaban J connectivity index is 1.39. The molecule has 41 heavy (non-hydrogen) atoms. The molecule has 2 N–H and O–H groups in total. The topological polar surface area (TPSA) is 80.6 Å². The summed E-state index contributed by atoms with van der Waals surface area (Å²) in [6.07, 6.45) is 1.30. The minimum absolute atomic E-state index is 0.0934. The zero-order valence-corrected chi connectivity index (χ0v) is 24.8. The lowest BCUT2D eigenvalue weighted by atomic mass is 9.98. The second-order valence-corrected chi connectivity index (χ2v) is 11.8. The highest BCUT2D eigenvalue weighted by atomic mass is 16.5. The number of aryl methyl sites for hydroxylation is 1. The van der Waals surface area contributed by atoms with E-state index in [4.69, 9.17) is 4.74 Å². The first-order valence-corrected chi connectivity index (χ1v) is 14.6. The highest BCUT2D eigenvalue weighted by Crippen LogP contribution is 2.45. The molecule has 4 aromatic rings. The standard InChI is InChI=1S/C35H40N2O4/c1-20(2)27-8-7-9-28(17-27)22(4)36-34(38)29-13-15-32-31(18-29)21(3)23(5)37(32)19-25-10-14-30(26-11-12-26)33(16-25)41-24(6)35(39)40/h7-10,13-18,20,22,24,26H,11-12,19H2,1-6H3,(H,36,38)(H,39,40). The van der Waals surface area contributed by atoms with Crippen molar-refractivity contribution in [3.63, 3.8) is 0 Å². The van der Waals surface area contributed by atoms with E-state index in [1.165, 1.54) is 5.56 Å². The Hall–Kier alpha value is -4.06. The largest absolute Gasteiger partial charge is 0.479 e. The van der Waals surface area contributed by atoms with Crippen molar-refractivity contribution < 1.29 is 19.4 Å². The van der Waals surface area contributed by atoms with E-state index in [-0.39, 0.29) is 11.9 Å². The first-order chi connectivity index (χ1) is 19.5. The molecule has 0 aliphatic heterocycles. The number of carboxylic acids is 1. The maximum atomic E-state index is 13.3. The highest BCUT2D eigenvalue weighted by molar-refractivity contribution is 5.99. The quantitative estimate of drug-likeness (QED) is 0.212. The molecule has 6 nitrogen and oxygen atoms in total. The summed E-state index contributed by atoms with van der Waals surface area (Å²) in [5.74, 6) is 0.474. The van der Waals surface area contributed by atoms with E-state index >= 15 is 0 Å².